The number of aryl methyl sites for hydroxylation is 1. The van der Waals surface area contributed by atoms with Crippen LogP contribution in [0, 0.1) is 6.92 Å². The van der Waals surface area contributed by atoms with Crippen LogP contribution in [0.5, 0.6) is 0 Å². The number of rotatable bonds is 5. The number of aliphatic imine (C=N–C) groups is 1. The van der Waals surface area contributed by atoms with E-state index in [9.17, 15) is 4.79 Å². The molecule has 2 aliphatic rings. The highest BCUT2D eigenvalue weighted by molar-refractivity contribution is 14.0. The molecule has 29 heavy (non-hydrogen) atoms. The summed E-state index contributed by atoms with van der Waals surface area (Å²) in [6, 6.07) is 9.25. The van der Waals surface area contributed by atoms with Crippen molar-refractivity contribution in [3.05, 3.63) is 35.4 Å². The average molecular weight is 513 g/mol. The summed E-state index contributed by atoms with van der Waals surface area (Å²) in [6.07, 6.45) is 2.55. The van der Waals surface area contributed by atoms with E-state index in [1.54, 1.807) is 6.92 Å². The quantitative estimate of drug-likeness (QED) is 0.374. The Balaban J connectivity index is 0.00000300. The van der Waals surface area contributed by atoms with Crippen molar-refractivity contribution >= 4 is 35.8 Å². The van der Waals surface area contributed by atoms with E-state index in [2.05, 4.69) is 53.2 Å². The normalized spacial score (nSPS) is 19.1. The lowest BCUT2D eigenvalue weighted by Gasteiger charge is -2.36. The van der Waals surface area contributed by atoms with Crippen LogP contribution in [0.25, 0.3) is 0 Å². The maximum atomic E-state index is 11.6. The summed E-state index contributed by atoms with van der Waals surface area (Å²) < 4.78 is 0. The summed E-state index contributed by atoms with van der Waals surface area (Å²) in [5.74, 6) is 1.14. The first kappa shape index (κ1) is 23.9. The number of carbonyl (C=O) groups excluding carboxylic acids is 1. The first-order valence-corrected chi connectivity index (χ1v) is 10.7. The molecular formula is C22H36IN5O. The van der Waals surface area contributed by atoms with Crippen LogP contribution in [0.2, 0.25) is 0 Å². The number of likely N-dealkylation sites (tertiary alicyclic amines) is 1. The van der Waals surface area contributed by atoms with Gasteiger partial charge in [0, 0.05) is 39.6 Å². The van der Waals surface area contributed by atoms with E-state index in [1.807, 2.05) is 4.90 Å². The smallest absolute Gasteiger partial charge is 0.219 e. The minimum Gasteiger partial charge on any atom is -0.357 e. The molecule has 2 heterocycles. The Bertz CT molecular complexity index is 664. The van der Waals surface area contributed by atoms with E-state index in [0.717, 1.165) is 58.3 Å². The molecule has 1 amide bonds. The molecule has 6 nitrogen and oxygen atoms in total. The third-order valence-electron chi connectivity index (χ3n) is 5.82. The van der Waals surface area contributed by atoms with Crippen LogP contribution in [0.1, 0.15) is 43.9 Å². The van der Waals surface area contributed by atoms with Gasteiger partial charge >= 0.3 is 0 Å². The predicted octanol–water partition coefficient (Wildman–Crippen LogP) is 2.88. The van der Waals surface area contributed by atoms with Gasteiger partial charge in [-0.2, -0.15) is 0 Å². The molecule has 1 unspecified atom stereocenters. The van der Waals surface area contributed by atoms with Gasteiger partial charge in [-0.15, -0.1) is 24.0 Å². The van der Waals surface area contributed by atoms with Crippen LogP contribution in [0.4, 0.5) is 0 Å². The number of hydrogen-bond donors (Lipinski definition) is 1. The number of amides is 1. The molecule has 1 aromatic rings. The van der Waals surface area contributed by atoms with Gasteiger partial charge in [-0.1, -0.05) is 29.8 Å². The average Bonchev–Trinajstić information content (AvgIpc) is 3.23. The van der Waals surface area contributed by atoms with E-state index in [-0.39, 0.29) is 29.9 Å². The SMILES string of the molecule is CCNC(=NCC(c1ccc(C)cc1)N1CCCC1)N1CCN(C(C)=O)CC1.I. The maximum Gasteiger partial charge on any atom is 0.219 e. The summed E-state index contributed by atoms with van der Waals surface area (Å²) in [6.45, 7) is 13.0. The van der Waals surface area contributed by atoms with Crippen molar-refractivity contribution in [2.45, 2.75) is 39.7 Å². The van der Waals surface area contributed by atoms with Gasteiger partial charge in [0.2, 0.25) is 5.91 Å². The molecule has 2 aliphatic heterocycles. The molecule has 0 saturated carbocycles. The number of piperazine rings is 1. The zero-order valence-electron chi connectivity index (χ0n) is 18.1. The van der Waals surface area contributed by atoms with E-state index in [1.165, 1.54) is 24.0 Å². The molecular weight excluding hydrogens is 477 g/mol. The second-order valence-electron chi connectivity index (χ2n) is 7.86. The highest BCUT2D eigenvalue weighted by atomic mass is 127. The third kappa shape index (κ3) is 6.57. The molecule has 1 N–H and O–H groups in total. The topological polar surface area (TPSA) is 51.2 Å². The minimum absolute atomic E-state index is 0. The third-order valence-corrected chi connectivity index (χ3v) is 5.82. The van der Waals surface area contributed by atoms with Crippen molar-refractivity contribution in [3.63, 3.8) is 0 Å². The highest BCUT2D eigenvalue weighted by Gasteiger charge is 2.25. The fourth-order valence-corrected chi connectivity index (χ4v) is 4.11. The number of nitrogens with one attached hydrogen (secondary N) is 1. The Morgan fingerprint density at radius 3 is 2.17 bits per heavy atom. The van der Waals surface area contributed by atoms with Crippen molar-refractivity contribution in [2.75, 3.05) is 52.4 Å². The molecule has 2 fully saturated rings. The Labute approximate surface area is 192 Å². The van der Waals surface area contributed by atoms with Gasteiger partial charge in [-0.25, -0.2) is 0 Å². The standard InChI is InChI=1S/C22H35N5O.HI/c1-4-23-22(27-15-13-25(14-16-27)19(3)28)24-17-21(26-11-5-6-12-26)20-9-7-18(2)8-10-20;/h7-10,21H,4-6,11-17H2,1-3H3,(H,23,24);1H. The summed E-state index contributed by atoms with van der Waals surface area (Å²) in [7, 11) is 0. The molecule has 162 valence electrons. The first-order valence-electron chi connectivity index (χ1n) is 10.7. The van der Waals surface area contributed by atoms with Crippen LogP contribution in [0.15, 0.2) is 29.3 Å². The molecule has 1 atom stereocenters. The van der Waals surface area contributed by atoms with Gasteiger partial charge in [0.25, 0.3) is 0 Å². The first-order chi connectivity index (χ1) is 13.6. The lowest BCUT2D eigenvalue weighted by Crippen LogP contribution is -2.53. The van der Waals surface area contributed by atoms with E-state index in [0.29, 0.717) is 6.04 Å². The van der Waals surface area contributed by atoms with E-state index >= 15 is 0 Å². The Morgan fingerprint density at radius 2 is 1.62 bits per heavy atom. The summed E-state index contributed by atoms with van der Waals surface area (Å²) in [4.78, 5) is 23.4. The van der Waals surface area contributed by atoms with Crippen LogP contribution < -0.4 is 5.32 Å². The van der Waals surface area contributed by atoms with Gasteiger partial charge < -0.3 is 15.1 Å². The van der Waals surface area contributed by atoms with Gasteiger partial charge in [0.1, 0.15) is 0 Å². The molecule has 0 spiro atoms. The number of hydrogen-bond acceptors (Lipinski definition) is 3. The lowest BCUT2D eigenvalue weighted by molar-refractivity contribution is -0.130. The minimum atomic E-state index is 0. The van der Waals surface area contributed by atoms with Crippen LogP contribution in [-0.2, 0) is 4.79 Å². The Hall–Kier alpha value is -1.35. The van der Waals surface area contributed by atoms with Crippen molar-refractivity contribution in [3.8, 4) is 0 Å². The molecule has 0 radical (unpaired) electrons. The van der Waals surface area contributed by atoms with E-state index in [4.69, 9.17) is 4.99 Å². The zero-order chi connectivity index (χ0) is 19.9. The predicted molar refractivity (Wildman–Crippen MR) is 130 cm³/mol. The van der Waals surface area contributed by atoms with Crippen LogP contribution in [0.3, 0.4) is 0 Å². The van der Waals surface area contributed by atoms with Crippen molar-refractivity contribution in [1.29, 1.82) is 0 Å². The van der Waals surface area contributed by atoms with Crippen LogP contribution in [-0.4, -0.2) is 78.9 Å². The second-order valence-corrected chi connectivity index (χ2v) is 7.86. The zero-order valence-corrected chi connectivity index (χ0v) is 20.4. The van der Waals surface area contributed by atoms with Gasteiger partial charge in [-0.05, 0) is 45.3 Å². The van der Waals surface area contributed by atoms with E-state index < -0.39 is 0 Å². The Kier molecular flexibility index (Phi) is 9.68. The fourth-order valence-electron chi connectivity index (χ4n) is 4.11. The number of carbonyl (C=O) groups is 1. The largest absolute Gasteiger partial charge is 0.357 e. The molecule has 3 rings (SSSR count). The highest BCUT2D eigenvalue weighted by Crippen LogP contribution is 2.26. The fraction of sp³-hybridized carbons (Fsp3) is 0.636. The Morgan fingerprint density at radius 1 is 1.03 bits per heavy atom. The molecule has 0 bridgehead atoms. The number of benzene rings is 1. The number of guanidine groups is 1. The molecule has 1 aromatic carbocycles. The second kappa shape index (κ2) is 11.7. The summed E-state index contributed by atoms with van der Waals surface area (Å²) >= 11 is 0. The summed E-state index contributed by atoms with van der Waals surface area (Å²) in [5, 5.41) is 3.46. The molecule has 7 heteroatoms. The lowest BCUT2D eigenvalue weighted by atomic mass is 10.0. The number of nitrogens with zero attached hydrogens (tertiary/aromatic N) is 4. The maximum absolute atomic E-state index is 11.6. The summed E-state index contributed by atoms with van der Waals surface area (Å²) in [5.41, 5.74) is 2.65. The monoisotopic (exact) mass is 513 g/mol. The van der Waals surface area contributed by atoms with Gasteiger partial charge in [0.15, 0.2) is 5.96 Å². The van der Waals surface area contributed by atoms with Crippen LogP contribution >= 0.6 is 24.0 Å². The van der Waals surface area contributed by atoms with Gasteiger partial charge in [-0.3, -0.25) is 14.7 Å². The van der Waals surface area contributed by atoms with Gasteiger partial charge in [0.05, 0.1) is 12.6 Å². The molecule has 0 aromatic heterocycles. The van der Waals surface area contributed by atoms with Crippen molar-refractivity contribution < 1.29 is 4.79 Å². The molecule has 2 saturated heterocycles. The number of halogens is 1. The van der Waals surface area contributed by atoms with Crippen molar-refractivity contribution in [2.24, 2.45) is 4.99 Å². The van der Waals surface area contributed by atoms with Crippen molar-refractivity contribution in [1.82, 2.24) is 20.0 Å². The molecule has 0 aliphatic carbocycles.